The molecule has 184 valence electrons. The van der Waals surface area contributed by atoms with Crippen LogP contribution in [0.1, 0.15) is 22.0 Å². The van der Waals surface area contributed by atoms with E-state index in [9.17, 15) is 24.8 Å². The van der Waals surface area contributed by atoms with Gasteiger partial charge in [-0.2, -0.15) is 0 Å². The topological polar surface area (TPSA) is 146 Å². The van der Waals surface area contributed by atoms with Crippen molar-refractivity contribution in [2.24, 2.45) is 0 Å². The molecule has 0 aliphatic carbocycles. The fraction of sp³-hybridized carbons (Fsp3) is 0.333. The summed E-state index contributed by atoms with van der Waals surface area (Å²) in [5.74, 6) is -0.940. The maximum Gasteiger partial charge on any atom is 0.338 e. The van der Waals surface area contributed by atoms with E-state index in [2.05, 4.69) is 5.32 Å². The SMILES string of the molecule is COc1cc(C(=O)OC[C@@H](NC(=O)C(Cl)Cl)[C@@H](O)c2ccc([N+](=O)[O-])cc2)cc(OC)c1OC. The molecule has 34 heavy (non-hydrogen) atoms. The second-order valence-corrected chi connectivity index (χ2v) is 7.82. The summed E-state index contributed by atoms with van der Waals surface area (Å²) in [6, 6.07) is 6.55. The number of aliphatic hydroxyl groups excluding tert-OH is 1. The molecule has 0 fully saturated rings. The molecule has 1 amide bonds. The molecule has 0 bridgehead atoms. The number of aliphatic hydroxyl groups is 1. The molecule has 11 nitrogen and oxygen atoms in total. The van der Waals surface area contributed by atoms with E-state index in [1.54, 1.807) is 0 Å². The quantitative estimate of drug-likeness (QED) is 0.199. The zero-order chi connectivity index (χ0) is 25.4. The Labute approximate surface area is 204 Å². The van der Waals surface area contributed by atoms with Crippen molar-refractivity contribution in [2.75, 3.05) is 27.9 Å². The van der Waals surface area contributed by atoms with Gasteiger partial charge in [0.25, 0.3) is 11.6 Å². The monoisotopic (exact) mass is 516 g/mol. The van der Waals surface area contributed by atoms with Gasteiger partial charge in [-0.05, 0) is 29.8 Å². The minimum absolute atomic E-state index is 0.0527. The second kappa shape index (κ2) is 12.3. The summed E-state index contributed by atoms with van der Waals surface area (Å²) < 4.78 is 20.9. The van der Waals surface area contributed by atoms with Crippen LogP contribution in [-0.4, -0.2) is 60.7 Å². The number of halogens is 2. The van der Waals surface area contributed by atoms with Gasteiger partial charge < -0.3 is 29.4 Å². The van der Waals surface area contributed by atoms with E-state index in [0.717, 1.165) is 0 Å². The number of benzene rings is 2. The highest BCUT2D eigenvalue weighted by Gasteiger charge is 2.28. The van der Waals surface area contributed by atoms with Gasteiger partial charge >= 0.3 is 5.97 Å². The number of amides is 1. The number of ether oxygens (including phenoxy) is 4. The number of alkyl halides is 2. The maximum atomic E-state index is 12.7. The van der Waals surface area contributed by atoms with Gasteiger partial charge in [0.05, 0.1) is 37.9 Å². The van der Waals surface area contributed by atoms with E-state index in [-0.39, 0.29) is 34.1 Å². The van der Waals surface area contributed by atoms with E-state index in [1.807, 2.05) is 0 Å². The summed E-state index contributed by atoms with van der Waals surface area (Å²) in [6.07, 6.45) is -1.41. The molecule has 2 N–H and O–H groups in total. The minimum Gasteiger partial charge on any atom is -0.493 e. The van der Waals surface area contributed by atoms with Crippen LogP contribution in [0.25, 0.3) is 0 Å². The smallest absolute Gasteiger partial charge is 0.338 e. The summed E-state index contributed by atoms with van der Waals surface area (Å²) in [5.41, 5.74) is 0.0874. The van der Waals surface area contributed by atoms with Crippen molar-refractivity contribution >= 4 is 40.8 Å². The fourth-order valence-electron chi connectivity index (χ4n) is 2.93. The van der Waals surface area contributed by atoms with Crippen molar-refractivity contribution in [2.45, 2.75) is 17.0 Å². The lowest BCUT2D eigenvalue weighted by atomic mass is 10.0. The number of nitro benzene ring substituents is 1. The first-order valence-corrected chi connectivity index (χ1v) is 10.5. The number of hydrogen-bond donors (Lipinski definition) is 2. The minimum atomic E-state index is -1.45. The van der Waals surface area contributed by atoms with Gasteiger partial charge in [0.1, 0.15) is 12.7 Å². The number of non-ortho nitro benzene ring substituents is 1. The Kier molecular flexibility index (Phi) is 9.72. The molecule has 0 aromatic heterocycles. The van der Waals surface area contributed by atoms with Crippen molar-refractivity contribution in [3.05, 3.63) is 57.6 Å². The third-order valence-corrected chi connectivity index (χ3v) is 5.04. The average Bonchev–Trinajstić information content (AvgIpc) is 2.84. The number of nitrogens with zero attached hydrogens (tertiary/aromatic N) is 1. The Morgan fingerprint density at radius 3 is 2.06 bits per heavy atom. The highest BCUT2D eigenvalue weighted by molar-refractivity contribution is 6.53. The summed E-state index contributed by atoms with van der Waals surface area (Å²) in [7, 11) is 4.17. The van der Waals surface area contributed by atoms with Crippen LogP contribution < -0.4 is 19.5 Å². The lowest BCUT2D eigenvalue weighted by Crippen LogP contribution is -2.45. The molecule has 0 radical (unpaired) electrons. The zero-order valence-electron chi connectivity index (χ0n) is 18.3. The van der Waals surface area contributed by atoms with Crippen LogP contribution in [0.5, 0.6) is 17.2 Å². The number of hydrogen-bond acceptors (Lipinski definition) is 9. The summed E-state index contributed by atoms with van der Waals surface area (Å²) in [4.78, 5) is 33.5. The third-order valence-electron chi connectivity index (χ3n) is 4.65. The lowest BCUT2D eigenvalue weighted by Gasteiger charge is -2.24. The molecule has 2 aromatic rings. The Morgan fingerprint density at radius 1 is 1.06 bits per heavy atom. The third kappa shape index (κ3) is 6.62. The van der Waals surface area contributed by atoms with Crippen LogP contribution in [0.4, 0.5) is 5.69 Å². The number of carbonyl (C=O) groups is 2. The van der Waals surface area contributed by atoms with Gasteiger partial charge in [-0.25, -0.2) is 4.79 Å². The molecule has 0 spiro atoms. The van der Waals surface area contributed by atoms with Gasteiger partial charge in [-0.3, -0.25) is 14.9 Å². The van der Waals surface area contributed by atoms with E-state index < -0.39 is 40.4 Å². The Morgan fingerprint density at radius 2 is 1.62 bits per heavy atom. The summed E-state index contributed by atoms with van der Waals surface area (Å²) >= 11 is 11.2. The van der Waals surface area contributed by atoms with Crippen LogP contribution in [0.2, 0.25) is 0 Å². The summed E-state index contributed by atoms with van der Waals surface area (Å²) in [5, 5.41) is 24.0. The molecule has 0 unspecified atom stereocenters. The Bertz CT molecular complexity index is 1010. The molecule has 0 saturated carbocycles. The van der Waals surface area contributed by atoms with E-state index >= 15 is 0 Å². The van der Waals surface area contributed by atoms with Crippen LogP contribution in [0.3, 0.4) is 0 Å². The van der Waals surface area contributed by atoms with Gasteiger partial charge in [-0.15, -0.1) is 0 Å². The highest BCUT2D eigenvalue weighted by Crippen LogP contribution is 2.38. The van der Waals surface area contributed by atoms with Crippen molar-refractivity contribution in [1.29, 1.82) is 0 Å². The Balaban J connectivity index is 2.25. The maximum absolute atomic E-state index is 12.7. The molecule has 0 saturated heterocycles. The predicted molar refractivity (Wildman–Crippen MR) is 122 cm³/mol. The number of nitrogens with one attached hydrogen (secondary N) is 1. The van der Waals surface area contributed by atoms with Crippen molar-refractivity contribution in [1.82, 2.24) is 5.32 Å². The average molecular weight is 517 g/mol. The molecule has 0 heterocycles. The molecule has 2 rings (SSSR count). The van der Waals surface area contributed by atoms with Crippen LogP contribution >= 0.6 is 23.2 Å². The van der Waals surface area contributed by atoms with Gasteiger partial charge in [-0.1, -0.05) is 23.2 Å². The summed E-state index contributed by atoms with van der Waals surface area (Å²) in [6.45, 7) is -0.486. The first kappa shape index (κ1) is 27.0. The van der Waals surface area contributed by atoms with Crippen LogP contribution in [0, 0.1) is 10.1 Å². The second-order valence-electron chi connectivity index (χ2n) is 6.72. The van der Waals surface area contributed by atoms with Crippen LogP contribution in [-0.2, 0) is 9.53 Å². The van der Waals surface area contributed by atoms with Crippen molar-refractivity contribution < 1.29 is 38.6 Å². The highest BCUT2D eigenvalue weighted by atomic mass is 35.5. The number of carbonyl (C=O) groups excluding carboxylic acids is 2. The Hall–Kier alpha value is -3.28. The number of methoxy groups -OCH3 is 3. The van der Waals surface area contributed by atoms with E-state index in [1.165, 1.54) is 57.7 Å². The van der Waals surface area contributed by atoms with Gasteiger partial charge in [0, 0.05) is 12.1 Å². The molecule has 2 aromatic carbocycles. The first-order valence-electron chi connectivity index (χ1n) is 9.61. The first-order chi connectivity index (χ1) is 16.1. The van der Waals surface area contributed by atoms with Crippen LogP contribution in [0.15, 0.2) is 36.4 Å². The van der Waals surface area contributed by atoms with Crippen molar-refractivity contribution in [3.63, 3.8) is 0 Å². The van der Waals surface area contributed by atoms with E-state index in [4.69, 9.17) is 42.1 Å². The molecule has 0 aliphatic heterocycles. The predicted octanol–water partition coefficient (Wildman–Crippen LogP) is 2.80. The lowest BCUT2D eigenvalue weighted by molar-refractivity contribution is -0.384. The number of nitro groups is 1. The normalized spacial score (nSPS) is 12.4. The zero-order valence-corrected chi connectivity index (χ0v) is 19.8. The molecular formula is C21H22Cl2N2O9. The largest absolute Gasteiger partial charge is 0.493 e. The van der Waals surface area contributed by atoms with Gasteiger partial charge in [0.15, 0.2) is 16.3 Å². The van der Waals surface area contributed by atoms with E-state index in [0.29, 0.717) is 0 Å². The standard InChI is InChI=1S/C21H22Cl2N2O9/c1-31-15-8-12(9-16(32-2)18(15)33-3)21(28)34-10-14(24-20(27)19(22)23)17(26)11-4-6-13(7-5-11)25(29)30/h4-9,14,17,19,26H,10H2,1-3H3,(H,24,27)/t14-,17+/m1/s1. The number of rotatable bonds is 11. The fourth-order valence-corrected chi connectivity index (χ4v) is 3.06. The van der Waals surface area contributed by atoms with Gasteiger partial charge in [0.2, 0.25) is 5.75 Å². The number of esters is 1. The molecule has 2 atom stereocenters. The molecule has 13 heteroatoms. The van der Waals surface area contributed by atoms with Crippen molar-refractivity contribution in [3.8, 4) is 17.2 Å². The molecule has 0 aliphatic rings. The molecular weight excluding hydrogens is 495 g/mol.